The van der Waals surface area contributed by atoms with Gasteiger partial charge in [-0.2, -0.15) is 5.26 Å². The maximum Gasteiger partial charge on any atom is 0.260 e. The van der Waals surface area contributed by atoms with E-state index in [4.69, 9.17) is 0 Å². The molecule has 7 nitrogen and oxygen atoms in total. The zero-order valence-electron chi connectivity index (χ0n) is 13.3. The van der Waals surface area contributed by atoms with E-state index in [0.29, 0.717) is 5.56 Å². The van der Waals surface area contributed by atoms with E-state index in [2.05, 4.69) is 0 Å². The van der Waals surface area contributed by atoms with Crippen molar-refractivity contribution in [1.29, 1.82) is 5.26 Å². The van der Waals surface area contributed by atoms with E-state index in [1.807, 2.05) is 5.32 Å². The Morgan fingerprint density at radius 3 is 2.35 bits per heavy atom. The van der Waals surface area contributed by atoms with Gasteiger partial charge in [0.2, 0.25) is 5.41 Å². The Morgan fingerprint density at radius 2 is 1.77 bits per heavy atom. The van der Waals surface area contributed by atoms with E-state index in [0.717, 1.165) is 6.07 Å². The van der Waals surface area contributed by atoms with Crippen LogP contribution in [0.5, 0.6) is 0 Å². The molecule has 0 aliphatic heterocycles. The highest BCUT2D eigenvalue weighted by Gasteiger charge is 2.80. The van der Waals surface area contributed by atoms with E-state index in [9.17, 15) is 29.4 Å². The second-order valence-electron chi connectivity index (χ2n) is 5.86. The van der Waals surface area contributed by atoms with Gasteiger partial charge in [-0.15, -0.1) is 0 Å². The van der Waals surface area contributed by atoms with Crippen molar-refractivity contribution in [2.45, 2.75) is 12.0 Å². The van der Waals surface area contributed by atoms with Crippen LogP contribution in [0.4, 0.5) is 4.39 Å². The zero-order valence-corrected chi connectivity index (χ0v) is 13.3. The molecule has 0 saturated heterocycles. The van der Waals surface area contributed by atoms with Crippen molar-refractivity contribution in [3.05, 3.63) is 81.7 Å². The van der Waals surface area contributed by atoms with Crippen molar-refractivity contribution >= 4 is 11.8 Å². The Kier molecular flexibility index (Phi) is 4.22. The molecule has 130 valence electrons. The summed E-state index contributed by atoms with van der Waals surface area (Å²) in [5, 5.41) is 22.8. The van der Waals surface area contributed by atoms with Crippen molar-refractivity contribution in [2.24, 2.45) is 5.41 Å². The first-order valence-corrected chi connectivity index (χ1v) is 7.63. The second-order valence-corrected chi connectivity index (χ2v) is 5.86. The van der Waals surface area contributed by atoms with Crippen LogP contribution < -0.4 is 5.32 Å². The lowest BCUT2D eigenvalue weighted by Crippen LogP contribution is -2.39. The van der Waals surface area contributed by atoms with Crippen LogP contribution in [0.1, 0.15) is 21.8 Å². The second kappa shape index (κ2) is 6.37. The summed E-state index contributed by atoms with van der Waals surface area (Å²) in [5.41, 5.74) is -1.96. The van der Waals surface area contributed by atoms with Crippen LogP contribution in [0.25, 0.3) is 0 Å². The molecule has 0 spiro atoms. The first-order valence-electron chi connectivity index (χ1n) is 7.63. The molecule has 3 unspecified atom stereocenters. The zero-order chi connectivity index (χ0) is 18.9. The first-order chi connectivity index (χ1) is 12.4. The van der Waals surface area contributed by atoms with Gasteiger partial charge in [0.05, 0.1) is 17.6 Å². The minimum Gasteiger partial charge on any atom is -0.291 e. The number of nitrogens with zero attached hydrogens (tertiary/aromatic N) is 2. The number of halogens is 1. The highest BCUT2D eigenvalue weighted by Crippen LogP contribution is 2.60. The molecule has 3 rings (SSSR count). The smallest absolute Gasteiger partial charge is 0.260 e. The third kappa shape index (κ3) is 2.59. The fourth-order valence-corrected chi connectivity index (χ4v) is 3.14. The molecule has 1 aliphatic rings. The summed E-state index contributed by atoms with van der Waals surface area (Å²) in [6, 6.07) is 13.3. The molecule has 0 aromatic heterocycles. The molecule has 1 fully saturated rings. The lowest BCUT2D eigenvalue weighted by atomic mass is 9.99. The summed E-state index contributed by atoms with van der Waals surface area (Å²) in [7, 11) is 0. The van der Waals surface area contributed by atoms with E-state index >= 15 is 0 Å². The van der Waals surface area contributed by atoms with Crippen LogP contribution in [-0.4, -0.2) is 22.8 Å². The topological polar surface area (TPSA) is 113 Å². The molecular weight excluding hydrogens is 341 g/mol. The summed E-state index contributed by atoms with van der Waals surface area (Å²) in [5.74, 6) is -3.99. The average molecular weight is 353 g/mol. The largest absolute Gasteiger partial charge is 0.291 e. The number of amides is 2. The molecule has 2 aromatic carbocycles. The monoisotopic (exact) mass is 353 g/mol. The highest BCUT2D eigenvalue weighted by molar-refractivity contribution is 6.09. The lowest BCUT2D eigenvalue weighted by molar-refractivity contribution is -0.500. The fourth-order valence-electron chi connectivity index (χ4n) is 3.14. The lowest BCUT2D eigenvalue weighted by Gasteiger charge is -2.08. The minimum absolute atomic E-state index is 0.386. The van der Waals surface area contributed by atoms with Gasteiger partial charge in [-0.25, -0.2) is 4.39 Å². The van der Waals surface area contributed by atoms with Crippen molar-refractivity contribution < 1.29 is 18.9 Å². The molecule has 0 radical (unpaired) electrons. The van der Waals surface area contributed by atoms with Gasteiger partial charge in [0, 0.05) is 4.92 Å². The number of nitro groups is 1. The molecule has 8 heteroatoms. The molecule has 3 atom stereocenters. The highest BCUT2D eigenvalue weighted by atomic mass is 19.1. The number of hydrogen-bond acceptors (Lipinski definition) is 5. The van der Waals surface area contributed by atoms with Gasteiger partial charge >= 0.3 is 0 Å². The van der Waals surface area contributed by atoms with E-state index in [1.54, 1.807) is 36.4 Å². The van der Waals surface area contributed by atoms with Gasteiger partial charge in [0.25, 0.3) is 17.9 Å². The third-order valence-electron chi connectivity index (χ3n) is 4.46. The van der Waals surface area contributed by atoms with Crippen molar-refractivity contribution in [3.8, 4) is 6.07 Å². The van der Waals surface area contributed by atoms with Crippen LogP contribution in [-0.2, 0) is 4.79 Å². The van der Waals surface area contributed by atoms with Gasteiger partial charge in [-0.05, 0) is 17.7 Å². The van der Waals surface area contributed by atoms with Gasteiger partial charge < -0.3 is 0 Å². The summed E-state index contributed by atoms with van der Waals surface area (Å²) < 4.78 is 13.7. The SMILES string of the molecule is N#CC1(C(=O)NC(=O)c2ccccc2F)C(c2ccccc2)C1[N+](=O)[O-]. The quantitative estimate of drug-likeness (QED) is 0.513. The van der Waals surface area contributed by atoms with Crippen molar-refractivity contribution in [3.63, 3.8) is 0 Å². The molecule has 1 N–H and O–H groups in total. The number of carbonyl (C=O) groups is 2. The molecular formula is C18H12FN3O4. The molecule has 0 bridgehead atoms. The number of hydrogen-bond donors (Lipinski definition) is 1. The Balaban J connectivity index is 1.91. The summed E-state index contributed by atoms with van der Waals surface area (Å²) in [4.78, 5) is 35.4. The minimum atomic E-state index is -2.02. The summed E-state index contributed by atoms with van der Waals surface area (Å²) >= 11 is 0. The van der Waals surface area contributed by atoms with Crippen LogP contribution >= 0.6 is 0 Å². The number of rotatable bonds is 4. The first kappa shape index (κ1) is 17.2. The van der Waals surface area contributed by atoms with Gasteiger partial charge in [0.1, 0.15) is 5.82 Å². The van der Waals surface area contributed by atoms with Crippen LogP contribution in [0.15, 0.2) is 54.6 Å². The maximum absolute atomic E-state index is 13.7. The molecule has 2 amide bonds. The molecule has 1 aliphatic carbocycles. The summed E-state index contributed by atoms with van der Waals surface area (Å²) in [6.07, 6.45) is 0. The van der Waals surface area contributed by atoms with Gasteiger partial charge in [-0.1, -0.05) is 42.5 Å². The van der Waals surface area contributed by atoms with Gasteiger partial charge in [0.15, 0.2) is 0 Å². The number of nitrogens with one attached hydrogen (secondary N) is 1. The third-order valence-corrected chi connectivity index (χ3v) is 4.46. The van der Waals surface area contributed by atoms with Crippen LogP contribution in [0, 0.1) is 32.7 Å². The molecule has 2 aromatic rings. The van der Waals surface area contributed by atoms with E-state index in [1.165, 1.54) is 18.2 Å². The number of nitriles is 1. The summed E-state index contributed by atoms with van der Waals surface area (Å²) in [6.45, 7) is 0. The normalized spacial score (nSPS) is 23.5. The van der Waals surface area contributed by atoms with Crippen LogP contribution in [0.2, 0.25) is 0 Å². The van der Waals surface area contributed by atoms with E-state index in [-0.39, 0.29) is 5.56 Å². The molecule has 0 heterocycles. The predicted octanol–water partition coefficient (Wildman–Crippen LogP) is 2.03. The Morgan fingerprint density at radius 1 is 1.15 bits per heavy atom. The Bertz CT molecular complexity index is 941. The maximum atomic E-state index is 13.7. The van der Waals surface area contributed by atoms with E-state index < -0.39 is 39.9 Å². The molecule has 1 saturated carbocycles. The predicted molar refractivity (Wildman–Crippen MR) is 86.9 cm³/mol. The van der Waals surface area contributed by atoms with Crippen LogP contribution in [0.3, 0.4) is 0 Å². The Hall–Kier alpha value is -3.60. The van der Waals surface area contributed by atoms with Crippen molar-refractivity contribution in [1.82, 2.24) is 5.32 Å². The number of imide groups is 1. The standard InChI is InChI=1S/C18H12FN3O4/c19-13-9-5-4-8-12(13)16(23)21-17(24)18(10-20)14(15(18)22(25)26)11-6-2-1-3-7-11/h1-9,14-15H,(H,21,23,24). The Labute approximate surface area is 147 Å². The number of carbonyl (C=O) groups excluding carboxylic acids is 2. The fraction of sp³-hybridized carbons (Fsp3) is 0.167. The molecule has 26 heavy (non-hydrogen) atoms. The average Bonchev–Trinajstić information content (AvgIpc) is 3.33. The number of benzene rings is 2. The van der Waals surface area contributed by atoms with Crippen molar-refractivity contribution in [2.75, 3.05) is 0 Å². The van der Waals surface area contributed by atoms with Gasteiger partial charge in [-0.3, -0.25) is 25.0 Å².